The van der Waals surface area contributed by atoms with Crippen molar-refractivity contribution >= 4 is 11.9 Å². The van der Waals surface area contributed by atoms with Crippen molar-refractivity contribution in [2.24, 2.45) is 0 Å². The minimum absolute atomic E-state index is 0.00502. The average Bonchev–Trinajstić information content (AvgIpc) is 3.07. The number of hydrogen-bond donors (Lipinski definition) is 3. The van der Waals surface area contributed by atoms with E-state index >= 15 is 0 Å². The molecule has 0 fully saturated rings. The lowest BCUT2D eigenvalue weighted by Gasteiger charge is -2.26. The zero-order chi connectivity index (χ0) is 21.3. The molecule has 0 saturated heterocycles. The first-order valence-electron chi connectivity index (χ1n) is 9.60. The normalized spacial score (nSPS) is 18.1. The predicted molar refractivity (Wildman–Crippen MR) is 109 cm³/mol. The van der Waals surface area contributed by atoms with Gasteiger partial charge in [-0.1, -0.05) is 18.2 Å². The van der Waals surface area contributed by atoms with Gasteiger partial charge in [0.1, 0.15) is 5.75 Å². The Bertz CT molecular complexity index is 1020. The summed E-state index contributed by atoms with van der Waals surface area (Å²) in [7, 11) is 3.07. The Morgan fingerprint density at radius 3 is 2.57 bits per heavy atom. The van der Waals surface area contributed by atoms with Gasteiger partial charge in [0.05, 0.1) is 38.1 Å². The van der Waals surface area contributed by atoms with Gasteiger partial charge >= 0.3 is 6.03 Å². The van der Waals surface area contributed by atoms with Crippen molar-refractivity contribution in [3.8, 4) is 17.2 Å². The van der Waals surface area contributed by atoms with E-state index < -0.39 is 6.04 Å². The van der Waals surface area contributed by atoms with E-state index in [1.807, 2.05) is 24.3 Å². The van der Waals surface area contributed by atoms with Gasteiger partial charge in [-0.25, -0.2) is 4.79 Å². The van der Waals surface area contributed by atoms with Crippen LogP contribution in [-0.2, 0) is 11.2 Å². The van der Waals surface area contributed by atoms with E-state index in [1.165, 1.54) is 13.2 Å². The van der Waals surface area contributed by atoms with Gasteiger partial charge in [-0.05, 0) is 41.8 Å². The molecule has 3 N–H and O–H groups in total. The second-order valence-electron chi connectivity index (χ2n) is 7.18. The summed E-state index contributed by atoms with van der Waals surface area (Å²) in [5.74, 6) is 0.941. The molecule has 8 heteroatoms. The van der Waals surface area contributed by atoms with E-state index in [4.69, 9.17) is 9.47 Å². The average molecular weight is 409 g/mol. The van der Waals surface area contributed by atoms with E-state index in [9.17, 15) is 14.7 Å². The number of nitrogens with zero attached hydrogens (tertiary/aromatic N) is 1. The number of urea groups is 1. The molecule has 0 aliphatic carbocycles. The number of phenolic OH excluding ortho intramolecular Hbond substituents is 1. The third-order valence-corrected chi connectivity index (χ3v) is 5.39. The Balaban J connectivity index is 1.53. The molecule has 0 bridgehead atoms. The Hall–Kier alpha value is -3.68. The number of benzene rings is 2. The molecule has 30 heavy (non-hydrogen) atoms. The molecule has 4 rings (SSSR count). The highest BCUT2D eigenvalue weighted by Crippen LogP contribution is 2.36. The maximum atomic E-state index is 13.1. The molecule has 2 aliphatic heterocycles. The van der Waals surface area contributed by atoms with Gasteiger partial charge < -0.3 is 30.1 Å². The van der Waals surface area contributed by atoms with Crippen LogP contribution in [0.15, 0.2) is 53.7 Å². The van der Waals surface area contributed by atoms with Crippen molar-refractivity contribution in [2.45, 2.75) is 12.5 Å². The number of hydrogen-bond acceptors (Lipinski definition) is 5. The molecule has 1 atom stereocenters. The van der Waals surface area contributed by atoms with Gasteiger partial charge in [-0.3, -0.25) is 4.79 Å². The molecule has 3 amide bonds. The van der Waals surface area contributed by atoms with Gasteiger partial charge in [0, 0.05) is 6.54 Å². The van der Waals surface area contributed by atoms with E-state index in [2.05, 4.69) is 10.6 Å². The first kappa shape index (κ1) is 19.6. The minimum atomic E-state index is -0.610. The van der Waals surface area contributed by atoms with Crippen LogP contribution in [0.2, 0.25) is 0 Å². The molecule has 2 aromatic carbocycles. The number of carbonyl (C=O) groups excluding carboxylic acids is 2. The molecule has 0 saturated carbocycles. The molecular formula is C22H23N3O5. The van der Waals surface area contributed by atoms with Gasteiger partial charge in [-0.15, -0.1) is 0 Å². The van der Waals surface area contributed by atoms with Gasteiger partial charge in [-0.2, -0.15) is 0 Å². The second kappa shape index (κ2) is 7.98. The number of aromatic hydroxyl groups is 1. The molecule has 0 aromatic heterocycles. The van der Waals surface area contributed by atoms with Crippen molar-refractivity contribution < 1.29 is 24.2 Å². The van der Waals surface area contributed by atoms with Gasteiger partial charge in [0.25, 0.3) is 5.91 Å². The fourth-order valence-corrected chi connectivity index (χ4v) is 3.79. The topological polar surface area (TPSA) is 100 Å². The van der Waals surface area contributed by atoms with E-state index in [0.717, 1.165) is 11.3 Å². The van der Waals surface area contributed by atoms with Crippen molar-refractivity contribution in [3.05, 3.63) is 64.9 Å². The molecule has 156 valence electrons. The van der Waals surface area contributed by atoms with Gasteiger partial charge in [0.15, 0.2) is 11.5 Å². The van der Waals surface area contributed by atoms with Crippen molar-refractivity contribution in [2.75, 3.05) is 27.3 Å². The molecule has 0 spiro atoms. The van der Waals surface area contributed by atoms with Crippen LogP contribution in [-0.4, -0.2) is 49.3 Å². The first-order chi connectivity index (χ1) is 14.5. The van der Waals surface area contributed by atoms with Crippen LogP contribution in [0.4, 0.5) is 4.79 Å². The van der Waals surface area contributed by atoms with Crippen LogP contribution in [0.1, 0.15) is 17.2 Å². The second-order valence-corrected chi connectivity index (χ2v) is 7.18. The summed E-state index contributed by atoms with van der Waals surface area (Å²) in [5, 5.41) is 15.4. The number of methoxy groups -OCH3 is 2. The number of carbonyl (C=O) groups is 2. The smallest absolute Gasteiger partial charge is 0.319 e. The van der Waals surface area contributed by atoms with Crippen LogP contribution >= 0.6 is 0 Å². The maximum absolute atomic E-state index is 13.1. The summed E-state index contributed by atoms with van der Waals surface area (Å²) in [6.45, 7) is 0.878. The monoisotopic (exact) mass is 409 g/mol. The minimum Gasteiger partial charge on any atom is -0.504 e. The van der Waals surface area contributed by atoms with Crippen molar-refractivity contribution in [3.63, 3.8) is 0 Å². The number of ether oxygens (including phenoxy) is 2. The summed E-state index contributed by atoms with van der Waals surface area (Å²) in [6.07, 6.45) is 0.690. The standard InChI is InChI=1S/C22H23N3O5/c1-29-15-6-3-13(4-7-15)9-10-25-12-16-19(21(25)27)20(24-22(28)23-16)14-5-8-17(26)18(11-14)30-2/h3-8,11,20,26H,9-10,12H2,1-2H3,(H2,23,24,28)/t20-/m1/s1. The number of phenols is 1. The third kappa shape index (κ3) is 3.63. The molecule has 2 heterocycles. The fraction of sp³-hybridized carbons (Fsp3) is 0.273. The summed E-state index contributed by atoms with van der Waals surface area (Å²) < 4.78 is 10.3. The van der Waals surface area contributed by atoms with Gasteiger partial charge in [0.2, 0.25) is 0 Å². The third-order valence-electron chi connectivity index (χ3n) is 5.39. The largest absolute Gasteiger partial charge is 0.504 e. The first-order valence-corrected chi connectivity index (χ1v) is 9.60. The lowest BCUT2D eigenvalue weighted by atomic mass is 9.96. The quantitative estimate of drug-likeness (QED) is 0.679. The summed E-state index contributed by atoms with van der Waals surface area (Å²) in [5.41, 5.74) is 2.88. The van der Waals surface area contributed by atoms with Crippen LogP contribution in [0.3, 0.4) is 0 Å². The highest BCUT2D eigenvalue weighted by atomic mass is 16.5. The SMILES string of the molecule is COc1ccc(CCN2CC3=C(C2=O)[C@@H](c2ccc(O)c(OC)c2)NC(=O)N3)cc1. The molecule has 2 aliphatic rings. The Morgan fingerprint density at radius 1 is 1.10 bits per heavy atom. The maximum Gasteiger partial charge on any atom is 0.319 e. The van der Waals surface area contributed by atoms with Crippen LogP contribution < -0.4 is 20.1 Å². The molecule has 8 nitrogen and oxygen atoms in total. The van der Waals surface area contributed by atoms with Crippen LogP contribution in [0.5, 0.6) is 17.2 Å². The lowest BCUT2D eigenvalue weighted by Crippen LogP contribution is -2.44. The highest BCUT2D eigenvalue weighted by Gasteiger charge is 2.40. The van der Waals surface area contributed by atoms with Crippen molar-refractivity contribution in [1.82, 2.24) is 15.5 Å². The number of rotatable bonds is 6. The fourth-order valence-electron chi connectivity index (χ4n) is 3.79. The van der Waals surface area contributed by atoms with Crippen LogP contribution in [0.25, 0.3) is 0 Å². The molecular weight excluding hydrogens is 386 g/mol. The Labute approximate surface area is 174 Å². The van der Waals surface area contributed by atoms with E-state index in [0.29, 0.717) is 36.3 Å². The molecule has 2 aromatic rings. The number of nitrogens with one attached hydrogen (secondary N) is 2. The molecule has 0 unspecified atom stereocenters. The zero-order valence-electron chi connectivity index (χ0n) is 16.8. The Kier molecular flexibility index (Phi) is 5.22. The van der Waals surface area contributed by atoms with Crippen molar-refractivity contribution in [1.29, 1.82) is 0 Å². The van der Waals surface area contributed by atoms with E-state index in [-0.39, 0.29) is 23.4 Å². The summed E-state index contributed by atoms with van der Waals surface area (Å²) in [4.78, 5) is 27.1. The lowest BCUT2D eigenvalue weighted by molar-refractivity contribution is -0.125. The highest BCUT2D eigenvalue weighted by molar-refractivity contribution is 6.01. The van der Waals surface area contributed by atoms with E-state index in [1.54, 1.807) is 24.1 Å². The number of amides is 3. The van der Waals surface area contributed by atoms with Crippen LogP contribution in [0, 0.1) is 0 Å². The predicted octanol–water partition coefficient (Wildman–Crippen LogP) is 2.10. The molecule has 0 radical (unpaired) electrons. The zero-order valence-corrected chi connectivity index (χ0v) is 16.8. The summed E-state index contributed by atoms with van der Waals surface area (Å²) in [6, 6.07) is 11.5. The Morgan fingerprint density at radius 2 is 1.87 bits per heavy atom. The summed E-state index contributed by atoms with van der Waals surface area (Å²) >= 11 is 0.